The van der Waals surface area contributed by atoms with Crippen molar-refractivity contribution in [3.63, 3.8) is 0 Å². The molecule has 3 N–H and O–H groups in total. The normalized spacial score (nSPS) is 14.8. The number of hydrogen-bond acceptors (Lipinski definition) is 7. The first-order valence-electron chi connectivity index (χ1n) is 12.0. The first-order valence-corrected chi connectivity index (χ1v) is 12.0. The zero-order valence-electron chi connectivity index (χ0n) is 19.9. The highest BCUT2D eigenvalue weighted by atomic mass is 19.1. The summed E-state index contributed by atoms with van der Waals surface area (Å²) >= 11 is 0. The lowest BCUT2D eigenvalue weighted by Crippen LogP contribution is -2.38. The largest absolute Gasteiger partial charge is 0.480 e. The summed E-state index contributed by atoms with van der Waals surface area (Å²) < 4.78 is 19.2. The van der Waals surface area contributed by atoms with Crippen LogP contribution >= 0.6 is 0 Å². The molecule has 0 aliphatic carbocycles. The summed E-state index contributed by atoms with van der Waals surface area (Å²) in [5.41, 5.74) is 2.99. The van der Waals surface area contributed by atoms with Crippen LogP contribution in [-0.4, -0.2) is 78.1 Å². The van der Waals surface area contributed by atoms with Gasteiger partial charge >= 0.3 is 5.97 Å². The van der Waals surface area contributed by atoms with Crippen LogP contribution in [0.15, 0.2) is 36.7 Å². The number of rotatable bonds is 15. The lowest BCUT2D eigenvalue weighted by atomic mass is 10.1. The number of nitrogens with zero attached hydrogens (tertiary/aromatic N) is 3. The molecule has 1 unspecified atom stereocenters. The molecule has 0 fully saturated rings. The first kappa shape index (κ1) is 25.8. The maximum Gasteiger partial charge on any atom is 0.326 e. The Morgan fingerprint density at radius 2 is 2.21 bits per heavy atom. The summed E-state index contributed by atoms with van der Waals surface area (Å²) in [5, 5.41) is 16.0. The van der Waals surface area contributed by atoms with E-state index in [1.54, 1.807) is 24.5 Å². The van der Waals surface area contributed by atoms with Gasteiger partial charge in [0.15, 0.2) is 0 Å². The number of hydrogen-bond donors (Lipinski definition) is 3. The van der Waals surface area contributed by atoms with Gasteiger partial charge in [-0.1, -0.05) is 6.07 Å². The van der Waals surface area contributed by atoms with Gasteiger partial charge in [0.1, 0.15) is 18.0 Å². The van der Waals surface area contributed by atoms with E-state index in [1.807, 2.05) is 4.90 Å². The fourth-order valence-corrected chi connectivity index (χ4v) is 4.18. The molecule has 0 bridgehead atoms. The Balaban J connectivity index is 1.50. The quantitative estimate of drug-likeness (QED) is 0.339. The highest BCUT2D eigenvalue weighted by Gasteiger charge is 2.20. The molecular weight excluding hydrogens is 437 g/mol. The van der Waals surface area contributed by atoms with Crippen LogP contribution in [0.3, 0.4) is 0 Å². The Hall–Kier alpha value is -2.78. The van der Waals surface area contributed by atoms with Crippen LogP contribution in [0.1, 0.15) is 36.9 Å². The lowest BCUT2D eigenvalue weighted by Gasteiger charge is -2.26. The van der Waals surface area contributed by atoms with E-state index in [9.17, 15) is 14.3 Å². The number of nitrogens with one attached hydrogen (secondary N) is 2. The van der Waals surface area contributed by atoms with E-state index < -0.39 is 18.2 Å². The molecular formula is C25H36FN5O3. The fourth-order valence-electron chi connectivity index (χ4n) is 4.18. The Morgan fingerprint density at radius 3 is 2.97 bits per heavy atom. The Bertz CT molecular complexity index is 886. The van der Waals surface area contributed by atoms with Gasteiger partial charge in [0.2, 0.25) is 0 Å². The number of carbonyl (C=O) groups is 1. The van der Waals surface area contributed by atoms with Crippen LogP contribution < -0.4 is 10.6 Å². The van der Waals surface area contributed by atoms with Gasteiger partial charge in [0.25, 0.3) is 0 Å². The highest BCUT2D eigenvalue weighted by Crippen LogP contribution is 2.20. The van der Waals surface area contributed by atoms with E-state index in [0.29, 0.717) is 25.2 Å². The summed E-state index contributed by atoms with van der Waals surface area (Å²) in [6.07, 6.45) is 7.34. The summed E-state index contributed by atoms with van der Waals surface area (Å²) in [6.45, 7) is 2.37. The number of methoxy groups -OCH3 is 1. The molecule has 8 nitrogen and oxygen atoms in total. The van der Waals surface area contributed by atoms with E-state index >= 15 is 0 Å². The van der Waals surface area contributed by atoms with Gasteiger partial charge in [-0.2, -0.15) is 0 Å². The molecule has 2 aromatic heterocycles. The second kappa shape index (κ2) is 13.8. The lowest BCUT2D eigenvalue weighted by molar-refractivity contribution is -0.138. The Labute approximate surface area is 200 Å². The first-order chi connectivity index (χ1) is 16.5. The molecule has 0 amide bonds. The second-order valence-electron chi connectivity index (χ2n) is 8.72. The van der Waals surface area contributed by atoms with E-state index in [2.05, 4.69) is 27.8 Å². The number of carboxylic acid groups (broad SMARTS) is 1. The molecule has 1 aliphatic heterocycles. The molecule has 34 heavy (non-hydrogen) atoms. The number of pyridine rings is 2. The number of aromatic nitrogens is 2. The molecule has 3 rings (SSSR count). The van der Waals surface area contributed by atoms with Crippen molar-refractivity contribution in [3.8, 4) is 0 Å². The van der Waals surface area contributed by atoms with Gasteiger partial charge in [-0.25, -0.2) is 14.2 Å². The topological polar surface area (TPSA) is 99.6 Å². The number of fused-ring (bicyclic) bond motifs is 1. The van der Waals surface area contributed by atoms with Gasteiger partial charge < -0.3 is 25.4 Å². The third kappa shape index (κ3) is 8.53. The van der Waals surface area contributed by atoms with Crippen molar-refractivity contribution in [2.24, 2.45) is 0 Å². The number of aryl methyl sites for hydroxylation is 2. The zero-order chi connectivity index (χ0) is 24.2. The molecule has 0 aromatic carbocycles. The van der Waals surface area contributed by atoms with Crippen LogP contribution in [0.4, 0.5) is 15.9 Å². The standard InChI is InChI=1S/C25H36FN5O3/c1-34-18-20(26)17-31(15-11-23(25(32)33)29-22-8-5-12-27-16-22)14-3-2-7-21-10-9-19-6-4-13-28-24(19)30-21/h5,8-10,12,16,20,23,29H,2-4,6-7,11,13-15,17-18H2,1H3,(H,28,30)(H,32,33)/t20-,23?/m0/s1. The van der Waals surface area contributed by atoms with Crippen molar-refractivity contribution >= 4 is 17.5 Å². The van der Waals surface area contributed by atoms with Crippen molar-refractivity contribution in [2.75, 3.05) is 50.5 Å². The highest BCUT2D eigenvalue weighted by molar-refractivity contribution is 5.77. The summed E-state index contributed by atoms with van der Waals surface area (Å²) in [7, 11) is 1.48. The molecule has 0 spiro atoms. The Morgan fingerprint density at radius 1 is 1.32 bits per heavy atom. The van der Waals surface area contributed by atoms with E-state index in [4.69, 9.17) is 9.72 Å². The molecule has 9 heteroatoms. The predicted molar refractivity (Wildman–Crippen MR) is 131 cm³/mol. The smallest absolute Gasteiger partial charge is 0.326 e. The average Bonchev–Trinajstić information content (AvgIpc) is 2.84. The van der Waals surface area contributed by atoms with Gasteiger partial charge in [-0.15, -0.1) is 0 Å². The van der Waals surface area contributed by atoms with E-state index in [0.717, 1.165) is 50.2 Å². The molecule has 0 saturated heterocycles. The third-order valence-corrected chi connectivity index (χ3v) is 5.95. The SMILES string of the molecule is COC[C@@H](F)CN(CCCCc1ccc2c(n1)NCCC2)CCC(Nc1cccnc1)C(=O)O. The molecule has 0 saturated carbocycles. The number of ether oxygens (including phenoxy) is 1. The van der Waals surface area contributed by atoms with Crippen molar-refractivity contribution in [1.82, 2.24) is 14.9 Å². The van der Waals surface area contributed by atoms with Crippen molar-refractivity contribution in [2.45, 2.75) is 50.7 Å². The number of aliphatic carboxylic acids is 1. The minimum Gasteiger partial charge on any atom is -0.480 e. The second-order valence-corrected chi connectivity index (χ2v) is 8.72. The van der Waals surface area contributed by atoms with Crippen molar-refractivity contribution in [1.29, 1.82) is 0 Å². The molecule has 0 radical (unpaired) electrons. The number of anilines is 2. The van der Waals surface area contributed by atoms with Crippen molar-refractivity contribution < 1.29 is 19.0 Å². The summed E-state index contributed by atoms with van der Waals surface area (Å²) in [5.74, 6) is 0.0654. The van der Waals surface area contributed by atoms with Gasteiger partial charge in [-0.05, 0) is 68.8 Å². The number of unbranched alkanes of at least 4 members (excludes halogenated alkanes) is 1. The predicted octanol–water partition coefficient (Wildman–Crippen LogP) is 3.40. The number of carboxylic acids is 1. The monoisotopic (exact) mass is 473 g/mol. The Kier molecular flexibility index (Phi) is 10.5. The molecule has 2 atom stereocenters. The number of alkyl halides is 1. The number of halogens is 1. The molecule has 3 heterocycles. The van der Waals surface area contributed by atoms with Crippen LogP contribution in [0.2, 0.25) is 0 Å². The summed E-state index contributed by atoms with van der Waals surface area (Å²) in [4.78, 5) is 22.5. The van der Waals surface area contributed by atoms with Crippen LogP contribution in [0.25, 0.3) is 0 Å². The summed E-state index contributed by atoms with van der Waals surface area (Å²) in [6, 6.07) is 7.01. The van der Waals surface area contributed by atoms with Crippen LogP contribution in [0, 0.1) is 0 Å². The average molecular weight is 474 g/mol. The van der Waals surface area contributed by atoms with Gasteiger partial charge in [0.05, 0.1) is 12.3 Å². The van der Waals surface area contributed by atoms with E-state index in [-0.39, 0.29) is 13.2 Å². The minimum atomic E-state index is -1.12. The van der Waals surface area contributed by atoms with Crippen LogP contribution in [0.5, 0.6) is 0 Å². The van der Waals surface area contributed by atoms with Crippen LogP contribution in [-0.2, 0) is 22.4 Å². The maximum absolute atomic E-state index is 14.3. The van der Waals surface area contributed by atoms with Gasteiger partial charge in [-0.3, -0.25) is 4.98 Å². The van der Waals surface area contributed by atoms with Crippen molar-refractivity contribution in [3.05, 3.63) is 47.9 Å². The zero-order valence-corrected chi connectivity index (χ0v) is 19.9. The fraction of sp³-hybridized carbons (Fsp3) is 0.560. The minimum absolute atomic E-state index is 0.0266. The van der Waals surface area contributed by atoms with Gasteiger partial charge in [0, 0.05) is 44.8 Å². The molecule has 186 valence electrons. The molecule has 1 aliphatic rings. The third-order valence-electron chi connectivity index (χ3n) is 5.95. The molecule has 2 aromatic rings. The van der Waals surface area contributed by atoms with E-state index in [1.165, 1.54) is 12.7 Å². The maximum atomic E-state index is 14.3.